The molecule has 1 aromatic rings. The first kappa shape index (κ1) is 13.7. The third-order valence-corrected chi connectivity index (χ3v) is 2.52. The van der Waals surface area contributed by atoms with Crippen LogP contribution in [0.5, 0.6) is 0 Å². The van der Waals surface area contributed by atoms with Crippen molar-refractivity contribution in [2.24, 2.45) is 0 Å². The van der Waals surface area contributed by atoms with E-state index in [1.807, 2.05) is 27.3 Å². The standard InChI is InChI=1S/C6H6INO3S.Na/c7-5-3-1-2-4-6(5)8-12(9,10)11;/h1-4,8H,(H,9,10,11);/q;+1/p-1. The van der Waals surface area contributed by atoms with Gasteiger partial charge in [-0.25, -0.2) is 8.42 Å². The predicted molar refractivity (Wildman–Crippen MR) is 52.5 cm³/mol. The van der Waals surface area contributed by atoms with Crippen molar-refractivity contribution in [2.45, 2.75) is 0 Å². The molecule has 13 heavy (non-hydrogen) atoms. The molecule has 0 radical (unpaired) electrons. The first-order chi connectivity index (χ1) is 5.49. The largest absolute Gasteiger partial charge is 1.00 e. The summed E-state index contributed by atoms with van der Waals surface area (Å²) in [5.74, 6) is 0. The predicted octanol–water partition coefficient (Wildman–Crippen LogP) is -1.83. The van der Waals surface area contributed by atoms with Crippen LogP contribution in [0.4, 0.5) is 5.69 Å². The Morgan fingerprint density at radius 2 is 1.85 bits per heavy atom. The molecule has 0 atom stereocenters. The molecule has 0 amide bonds. The zero-order valence-electron chi connectivity index (χ0n) is 6.82. The number of rotatable bonds is 2. The van der Waals surface area contributed by atoms with Gasteiger partial charge in [0.15, 0.2) is 10.3 Å². The van der Waals surface area contributed by atoms with E-state index in [2.05, 4.69) is 0 Å². The van der Waals surface area contributed by atoms with Crippen molar-refractivity contribution in [1.29, 1.82) is 0 Å². The molecular weight excluding hydrogens is 316 g/mol. The fraction of sp³-hybridized carbons (Fsp3) is 0. The summed E-state index contributed by atoms with van der Waals surface area (Å²) in [7, 11) is -4.40. The van der Waals surface area contributed by atoms with Crippen molar-refractivity contribution in [3.05, 3.63) is 27.8 Å². The Bertz CT molecular complexity index is 381. The summed E-state index contributed by atoms with van der Waals surface area (Å²) in [6.45, 7) is 0. The van der Waals surface area contributed by atoms with Gasteiger partial charge in [0, 0.05) is 3.57 Å². The van der Waals surface area contributed by atoms with Gasteiger partial charge >= 0.3 is 29.6 Å². The maximum absolute atomic E-state index is 10.3. The van der Waals surface area contributed by atoms with Gasteiger partial charge in [-0.3, -0.25) is 4.72 Å². The Balaban J connectivity index is 0.00000144. The van der Waals surface area contributed by atoms with Gasteiger partial charge in [-0.15, -0.1) is 0 Å². The molecule has 0 aliphatic heterocycles. The second kappa shape index (κ2) is 5.52. The Labute approximate surface area is 112 Å². The topological polar surface area (TPSA) is 69.2 Å². The summed E-state index contributed by atoms with van der Waals surface area (Å²) in [6.07, 6.45) is 0. The minimum absolute atomic E-state index is 0. The molecule has 0 fully saturated rings. The maximum Gasteiger partial charge on any atom is 1.00 e. The number of para-hydroxylation sites is 1. The van der Waals surface area contributed by atoms with Gasteiger partial charge in [0.1, 0.15) is 0 Å². The van der Waals surface area contributed by atoms with E-state index >= 15 is 0 Å². The van der Waals surface area contributed by atoms with Gasteiger partial charge in [0.05, 0.1) is 5.69 Å². The van der Waals surface area contributed by atoms with E-state index in [0.29, 0.717) is 9.26 Å². The van der Waals surface area contributed by atoms with Crippen molar-refractivity contribution >= 4 is 38.6 Å². The molecule has 0 unspecified atom stereocenters. The van der Waals surface area contributed by atoms with Gasteiger partial charge < -0.3 is 4.55 Å². The van der Waals surface area contributed by atoms with Gasteiger partial charge in [-0.1, -0.05) is 12.1 Å². The molecule has 1 aromatic carbocycles. The van der Waals surface area contributed by atoms with E-state index in [9.17, 15) is 13.0 Å². The van der Waals surface area contributed by atoms with Crippen LogP contribution in [-0.4, -0.2) is 13.0 Å². The van der Waals surface area contributed by atoms with Gasteiger partial charge in [-0.05, 0) is 34.7 Å². The van der Waals surface area contributed by atoms with E-state index in [1.54, 1.807) is 18.2 Å². The second-order valence-electron chi connectivity index (χ2n) is 2.04. The third-order valence-electron chi connectivity index (χ3n) is 1.11. The maximum atomic E-state index is 10.3. The first-order valence-corrected chi connectivity index (χ1v) is 5.46. The molecule has 0 aliphatic rings. The Morgan fingerprint density at radius 3 is 2.31 bits per heavy atom. The van der Waals surface area contributed by atoms with E-state index in [4.69, 9.17) is 0 Å². The van der Waals surface area contributed by atoms with Crippen molar-refractivity contribution in [2.75, 3.05) is 4.72 Å². The normalized spacial score (nSPS) is 10.3. The van der Waals surface area contributed by atoms with E-state index in [0.717, 1.165) is 0 Å². The smallest absolute Gasteiger partial charge is 0.731 e. The molecule has 0 bridgehead atoms. The van der Waals surface area contributed by atoms with Crippen LogP contribution in [0.3, 0.4) is 0 Å². The van der Waals surface area contributed by atoms with Crippen molar-refractivity contribution in [3.63, 3.8) is 0 Å². The van der Waals surface area contributed by atoms with E-state index in [-0.39, 0.29) is 29.6 Å². The SMILES string of the molecule is O=S(=O)([O-])Nc1ccccc1I.[Na+]. The molecule has 0 heterocycles. The van der Waals surface area contributed by atoms with Crippen LogP contribution < -0.4 is 34.3 Å². The average Bonchev–Trinajstić information content (AvgIpc) is 1.91. The van der Waals surface area contributed by atoms with Crippen molar-refractivity contribution in [3.8, 4) is 0 Å². The van der Waals surface area contributed by atoms with Gasteiger partial charge in [-0.2, -0.15) is 0 Å². The fourth-order valence-electron chi connectivity index (χ4n) is 0.679. The molecule has 1 rings (SSSR count). The first-order valence-electron chi connectivity index (χ1n) is 2.97. The van der Waals surface area contributed by atoms with Crippen LogP contribution in [0.15, 0.2) is 24.3 Å². The number of hydrogen-bond donors (Lipinski definition) is 1. The number of anilines is 1. The summed E-state index contributed by atoms with van der Waals surface area (Å²) >= 11 is 1.93. The number of benzene rings is 1. The molecule has 0 spiro atoms. The van der Waals surface area contributed by atoms with E-state index < -0.39 is 10.3 Å². The summed E-state index contributed by atoms with van der Waals surface area (Å²) in [5, 5.41) is 0. The molecule has 66 valence electrons. The van der Waals surface area contributed by atoms with Crippen LogP contribution >= 0.6 is 22.6 Å². The van der Waals surface area contributed by atoms with Crippen molar-refractivity contribution in [1.82, 2.24) is 0 Å². The van der Waals surface area contributed by atoms with Crippen LogP contribution in [0, 0.1) is 3.57 Å². The average molecular weight is 321 g/mol. The molecule has 7 heteroatoms. The Kier molecular flexibility index (Phi) is 5.80. The van der Waals surface area contributed by atoms with Crippen LogP contribution in [0.2, 0.25) is 0 Å². The number of hydrogen-bond acceptors (Lipinski definition) is 3. The van der Waals surface area contributed by atoms with Crippen LogP contribution in [0.1, 0.15) is 0 Å². The van der Waals surface area contributed by atoms with Crippen molar-refractivity contribution < 1.29 is 42.5 Å². The monoisotopic (exact) mass is 321 g/mol. The molecule has 0 saturated heterocycles. The summed E-state index contributed by atoms with van der Waals surface area (Å²) < 4.78 is 33.4. The molecular formula is C6H5INNaO3S. The number of halogens is 1. The second-order valence-corrected chi connectivity index (χ2v) is 4.31. The van der Waals surface area contributed by atoms with Crippen LogP contribution in [-0.2, 0) is 10.3 Å². The van der Waals surface area contributed by atoms with E-state index in [1.165, 1.54) is 6.07 Å². The molecule has 4 nitrogen and oxygen atoms in total. The van der Waals surface area contributed by atoms with Crippen LogP contribution in [0.25, 0.3) is 0 Å². The van der Waals surface area contributed by atoms with Gasteiger partial charge in [0.2, 0.25) is 0 Å². The molecule has 0 aliphatic carbocycles. The van der Waals surface area contributed by atoms with Gasteiger partial charge in [0.25, 0.3) is 0 Å². The zero-order valence-corrected chi connectivity index (χ0v) is 11.8. The fourth-order valence-corrected chi connectivity index (χ4v) is 1.83. The summed E-state index contributed by atoms with van der Waals surface area (Å²) in [6, 6.07) is 6.63. The Hall–Kier alpha value is 0.660. The minimum Gasteiger partial charge on any atom is -0.731 e. The molecule has 1 N–H and O–H groups in total. The minimum atomic E-state index is -4.40. The zero-order chi connectivity index (χ0) is 9.19. The third kappa shape index (κ3) is 5.18. The number of nitrogens with one attached hydrogen (secondary N) is 1. The summed E-state index contributed by atoms with van der Waals surface area (Å²) in [5.41, 5.74) is 0.313. The molecule has 0 aromatic heterocycles. The Morgan fingerprint density at radius 1 is 1.31 bits per heavy atom. The molecule has 0 saturated carbocycles. The quantitative estimate of drug-likeness (QED) is 0.396. The summed E-state index contributed by atoms with van der Waals surface area (Å²) in [4.78, 5) is 0.